The van der Waals surface area contributed by atoms with Crippen molar-refractivity contribution in [3.05, 3.63) is 30.5 Å². The zero-order chi connectivity index (χ0) is 10.8. The Balaban J connectivity index is 2.58. The molecule has 15 heavy (non-hydrogen) atoms. The number of nitrogens with one attached hydrogen (secondary N) is 1. The van der Waals surface area contributed by atoms with Crippen LogP contribution in [0.1, 0.15) is 0 Å². The van der Waals surface area contributed by atoms with Crippen LogP contribution in [0.5, 0.6) is 0 Å². The molecule has 0 fully saturated rings. The van der Waals surface area contributed by atoms with Gasteiger partial charge in [-0.1, -0.05) is 18.2 Å². The van der Waals surface area contributed by atoms with Crippen molar-refractivity contribution in [2.75, 3.05) is 24.7 Å². The molecule has 0 atom stereocenters. The van der Waals surface area contributed by atoms with Gasteiger partial charge in [-0.05, 0) is 6.07 Å². The van der Waals surface area contributed by atoms with Gasteiger partial charge in [0.05, 0.1) is 6.20 Å². The maximum absolute atomic E-state index is 5.81. The Bertz CT molecular complexity index is 459. The Morgan fingerprint density at radius 2 is 1.93 bits per heavy atom. The Labute approximate surface area is 88.7 Å². The SMILES string of the molecule is CN(C)c1ccccc1-c1cn[nH]c1N. The van der Waals surface area contributed by atoms with E-state index < -0.39 is 0 Å². The van der Waals surface area contributed by atoms with Crippen LogP contribution in [0.4, 0.5) is 11.5 Å². The fourth-order valence-electron chi connectivity index (χ4n) is 1.60. The predicted molar refractivity (Wildman–Crippen MR) is 62.8 cm³/mol. The summed E-state index contributed by atoms with van der Waals surface area (Å²) < 4.78 is 0. The fourth-order valence-corrected chi connectivity index (χ4v) is 1.60. The molecule has 1 heterocycles. The Hall–Kier alpha value is -1.97. The van der Waals surface area contributed by atoms with E-state index in [-0.39, 0.29) is 0 Å². The van der Waals surface area contributed by atoms with Crippen LogP contribution in [-0.4, -0.2) is 24.3 Å². The first-order valence-corrected chi connectivity index (χ1v) is 4.75. The normalized spacial score (nSPS) is 10.3. The van der Waals surface area contributed by atoms with Gasteiger partial charge in [0.1, 0.15) is 5.82 Å². The zero-order valence-electron chi connectivity index (χ0n) is 8.86. The van der Waals surface area contributed by atoms with Crippen LogP contribution in [0.2, 0.25) is 0 Å². The van der Waals surface area contributed by atoms with Gasteiger partial charge in [0.15, 0.2) is 0 Å². The van der Waals surface area contributed by atoms with Gasteiger partial charge in [-0.3, -0.25) is 5.10 Å². The molecule has 1 aromatic heterocycles. The molecule has 0 saturated carbocycles. The minimum Gasteiger partial charge on any atom is -0.384 e. The lowest BCUT2D eigenvalue weighted by Gasteiger charge is -2.16. The van der Waals surface area contributed by atoms with Gasteiger partial charge in [0, 0.05) is 30.9 Å². The summed E-state index contributed by atoms with van der Waals surface area (Å²) in [5.41, 5.74) is 8.97. The second-order valence-electron chi connectivity index (χ2n) is 3.61. The van der Waals surface area contributed by atoms with E-state index in [0.717, 1.165) is 16.8 Å². The van der Waals surface area contributed by atoms with Crippen LogP contribution in [0.3, 0.4) is 0 Å². The monoisotopic (exact) mass is 202 g/mol. The summed E-state index contributed by atoms with van der Waals surface area (Å²) in [6.07, 6.45) is 1.75. The highest BCUT2D eigenvalue weighted by molar-refractivity contribution is 5.83. The number of H-pyrrole nitrogens is 1. The largest absolute Gasteiger partial charge is 0.384 e. The van der Waals surface area contributed by atoms with Gasteiger partial charge in [-0.15, -0.1) is 0 Å². The molecule has 0 bridgehead atoms. The highest BCUT2D eigenvalue weighted by Crippen LogP contribution is 2.31. The molecular weight excluding hydrogens is 188 g/mol. The van der Waals surface area contributed by atoms with E-state index in [1.54, 1.807) is 6.20 Å². The van der Waals surface area contributed by atoms with Crippen LogP contribution >= 0.6 is 0 Å². The molecule has 0 unspecified atom stereocenters. The summed E-state index contributed by atoms with van der Waals surface area (Å²) in [4.78, 5) is 2.06. The van der Waals surface area contributed by atoms with Crippen molar-refractivity contribution in [1.82, 2.24) is 10.2 Å². The van der Waals surface area contributed by atoms with Crippen molar-refractivity contribution >= 4 is 11.5 Å². The van der Waals surface area contributed by atoms with Crippen molar-refractivity contribution < 1.29 is 0 Å². The van der Waals surface area contributed by atoms with Crippen molar-refractivity contribution in [3.8, 4) is 11.1 Å². The molecule has 0 spiro atoms. The summed E-state index contributed by atoms with van der Waals surface area (Å²) in [7, 11) is 4.02. The van der Waals surface area contributed by atoms with Gasteiger partial charge in [0.2, 0.25) is 0 Å². The minimum atomic E-state index is 0.601. The van der Waals surface area contributed by atoms with Gasteiger partial charge >= 0.3 is 0 Å². The van der Waals surface area contributed by atoms with Crippen LogP contribution in [0.15, 0.2) is 30.5 Å². The molecular formula is C11H14N4. The average molecular weight is 202 g/mol. The lowest BCUT2D eigenvalue weighted by atomic mass is 10.1. The van der Waals surface area contributed by atoms with E-state index in [1.807, 2.05) is 32.3 Å². The first kappa shape index (κ1) is 9.58. The molecule has 2 rings (SSSR count). The van der Waals surface area contributed by atoms with Crippen molar-refractivity contribution in [2.45, 2.75) is 0 Å². The van der Waals surface area contributed by atoms with Gasteiger partial charge in [-0.25, -0.2) is 0 Å². The summed E-state index contributed by atoms with van der Waals surface area (Å²) in [5.74, 6) is 0.601. The lowest BCUT2D eigenvalue weighted by Crippen LogP contribution is -2.09. The number of nitrogens with zero attached hydrogens (tertiary/aromatic N) is 2. The number of hydrogen-bond acceptors (Lipinski definition) is 3. The summed E-state index contributed by atoms with van der Waals surface area (Å²) >= 11 is 0. The van der Waals surface area contributed by atoms with Crippen molar-refractivity contribution in [2.24, 2.45) is 0 Å². The van der Waals surface area contributed by atoms with Crippen molar-refractivity contribution in [1.29, 1.82) is 0 Å². The number of para-hydroxylation sites is 1. The molecule has 0 amide bonds. The highest BCUT2D eigenvalue weighted by Gasteiger charge is 2.09. The predicted octanol–water partition coefficient (Wildman–Crippen LogP) is 1.72. The number of aromatic amines is 1. The van der Waals surface area contributed by atoms with Crippen molar-refractivity contribution in [3.63, 3.8) is 0 Å². The van der Waals surface area contributed by atoms with Crippen LogP contribution in [0.25, 0.3) is 11.1 Å². The third kappa shape index (κ3) is 1.66. The smallest absolute Gasteiger partial charge is 0.126 e. The maximum Gasteiger partial charge on any atom is 0.126 e. The molecule has 4 heteroatoms. The number of rotatable bonds is 2. The molecule has 0 radical (unpaired) electrons. The molecule has 2 aromatic rings. The second-order valence-corrected chi connectivity index (χ2v) is 3.61. The molecule has 0 aliphatic carbocycles. The summed E-state index contributed by atoms with van der Waals surface area (Å²) in [6, 6.07) is 8.10. The van der Waals surface area contributed by atoms with E-state index in [1.165, 1.54) is 0 Å². The number of anilines is 2. The second kappa shape index (κ2) is 3.65. The third-order valence-electron chi connectivity index (χ3n) is 2.34. The maximum atomic E-state index is 5.81. The quantitative estimate of drug-likeness (QED) is 0.779. The van der Waals surface area contributed by atoms with Gasteiger partial charge < -0.3 is 10.6 Å². The Morgan fingerprint density at radius 3 is 2.53 bits per heavy atom. The number of nitrogens with two attached hydrogens (primary N) is 1. The van der Waals surface area contributed by atoms with Crippen LogP contribution in [0, 0.1) is 0 Å². The molecule has 78 valence electrons. The first-order valence-electron chi connectivity index (χ1n) is 4.75. The number of benzene rings is 1. The molecule has 3 N–H and O–H groups in total. The molecule has 4 nitrogen and oxygen atoms in total. The van der Waals surface area contributed by atoms with Crippen LogP contribution < -0.4 is 10.6 Å². The van der Waals surface area contributed by atoms with E-state index >= 15 is 0 Å². The van der Waals surface area contributed by atoms with Crippen LogP contribution in [-0.2, 0) is 0 Å². The zero-order valence-corrected chi connectivity index (χ0v) is 8.86. The summed E-state index contributed by atoms with van der Waals surface area (Å²) in [5, 5.41) is 6.67. The molecule has 1 aromatic carbocycles. The Kier molecular flexibility index (Phi) is 2.33. The van der Waals surface area contributed by atoms with E-state index in [0.29, 0.717) is 5.82 Å². The average Bonchev–Trinajstić information content (AvgIpc) is 2.64. The summed E-state index contributed by atoms with van der Waals surface area (Å²) in [6.45, 7) is 0. The first-order chi connectivity index (χ1) is 7.20. The number of nitrogen functional groups attached to an aromatic ring is 1. The third-order valence-corrected chi connectivity index (χ3v) is 2.34. The minimum absolute atomic E-state index is 0.601. The van der Waals surface area contributed by atoms with Gasteiger partial charge in [0.25, 0.3) is 0 Å². The standard InChI is InChI=1S/C11H14N4/c1-15(2)10-6-4-3-5-8(10)9-7-13-14-11(9)12/h3-7H,1-2H3,(H3,12,13,14). The topological polar surface area (TPSA) is 57.9 Å². The van der Waals surface area contributed by atoms with E-state index in [4.69, 9.17) is 5.73 Å². The fraction of sp³-hybridized carbons (Fsp3) is 0.182. The highest BCUT2D eigenvalue weighted by atomic mass is 15.1. The molecule has 0 aliphatic heterocycles. The number of hydrogen-bond donors (Lipinski definition) is 2. The molecule has 0 aliphatic rings. The van der Waals surface area contributed by atoms with E-state index in [2.05, 4.69) is 21.2 Å². The van der Waals surface area contributed by atoms with Gasteiger partial charge in [-0.2, -0.15) is 5.10 Å². The molecule has 0 saturated heterocycles. The number of aromatic nitrogens is 2. The Morgan fingerprint density at radius 1 is 1.20 bits per heavy atom. The van der Waals surface area contributed by atoms with E-state index in [9.17, 15) is 0 Å². The lowest BCUT2D eigenvalue weighted by molar-refractivity contribution is 1.10.